The van der Waals surface area contributed by atoms with E-state index in [4.69, 9.17) is 0 Å². The fourth-order valence-corrected chi connectivity index (χ4v) is 5.07. The quantitative estimate of drug-likeness (QED) is 0.799. The smallest absolute Gasteiger partial charge is 0.241 e. The molecule has 148 valence electrons. The van der Waals surface area contributed by atoms with Gasteiger partial charge in [0.25, 0.3) is 0 Å². The van der Waals surface area contributed by atoms with Gasteiger partial charge in [0.05, 0.1) is 11.4 Å². The van der Waals surface area contributed by atoms with Crippen LogP contribution in [0.4, 0.5) is 5.69 Å². The summed E-state index contributed by atoms with van der Waals surface area (Å²) in [6, 6.07) is 5.86. The monoisotopic (exact) mass is 393 g/mol. The first-order valence-electron chi connectivity index (χ1n) is 9.50. The maximum Gasteiger partial charge on any atom is 0.241 e. The molecule has 8 heteroatoms. The van der Waals surface area contributed by atoms with Crippen LogP contribution in [0.2, 0.25) is 0 Å². The lowest BCUT2D eigenvalue weighted by molar-refractivity contribution is -0.133. The van der Waals surface area contributed by atoms with Crippen molar-refractivity contribution >= 4 is 27.5 Å². The van der Waals surface area contributed by atoms with Gasteiger partial charge in [-0.2, -0.15) is 0 Å². The number of anilines is 1. The van der Waals surface area contributed by atoms with E-state index in [-0.39, 0.29) is 23.3 Å². The molecule has 0 bridgehead atoms. The van der Waals surface area contributed by atoms with Crippen molar-refractivity contribution in [1.29, 1.82) is 0 Å². The fraction of sp³-hybridized carbons (Fsp3) is 0.579. The van der Waals surface area contributed by atoms with Crippen LogP contribution in [0.25, 0.3) is 0 Å². The van der Waals surface area contributed by atoms with Crippen molar-refractivity contribution in [1.82, 2.24) is 9.62 Å². The molecule has 0 aromatic heterocycles. The molecule has 0 unspecified atom stereocenters. The lowest BCUT2D eigenvalue weighted by Crippen LogP contribution is -2.48. The van der Waals surface area contributed by atoms with Crippen LogP contribution >= 0.6 is 0 Å². The Hall–Kier alpha value is -1.93. The number of carbonyl (C=O) groups is 2. The van der Waals surface area contributed by atoms with Gasteiger partial charge in [0.2, 0.25) is 21.8 Å². The molecule has 1 aromatic rings. The zero-order chi connectivity index (χ0) is 19.4. The number of nitrogens with one attached hydrogen (secondary N) is 2. The predicted octanol–water partition coefficient (Wildman–Crippen LogP) is 1.96. The molecule has 2 fully saturated rings. The average molecular weight is 394 g/mol. The lowest BCUT2D eigenvalue weighted by atomic mass is 9.75. The minimum absolute atomic E-state index is 0.0652. The third kappa shape index (κ3) is 5.07. The van der Waals surface area contributed by atoms with Crippen molar-refractivity contribution in [3.8, 4) is 0 Å². The summed E-state index contributed by atoms with van der Waals surface area (Å²) in [4.78, 5) is 25.4. The minimum atomic E-state index is -3.77. The van der Waals surface area contributed by atoms with E-state index in [0.717, 1.165) is 18.9 Å². The Labute approximate surface area is 160 Å². The number of rotatable bonds is 5. The van der Waals surface area contributed by atoms with Crippen molar-refractivity contribution in [2.45, 2.75) is 43.9 Å². The molecule has 1 heterocycles. The molecule has 3 rings (SSSR count). The first-order valence-corrected chi connectivity index (χ1v) is 11.0. The lowest BCUT2D eigenvalue weighted by Gasteiger charge is -2.41. The zero-order valence-corrected chi connectivity index (χ0v) is 16.4. The maximum absolute atomic E-state index is 12.5. The zero-order valence-electron chi connectivity index (χ0n) is 15.6. The first kappa shape index (κ1) is 19.8. The Kier molecular flexibility index (Phi) is 6.16. The number of carbonyl (C=O) groups excluding carboxylic acids is 2. The highest BCUT2D eigenvalue weighted by Crippen LogP contribution is 2.35. The third-order valence-corrected chi connectivity index (χ3v) is 6.96. The van der Waals surface area contributed by atoms with E-state index in [0.29, 0.717) is 18.2 Å². The molecule has 27 heavy (non-hydrogen) atoms. The van der Waals surface area contributed by atoms with E-state index in [1.54, 1.807) is 4.90 Å². The Bertz CT molecular complexity index is 792. The predicted molar refractivity (Wildman–Crippen MR) is 103 cm³/mol. The number of hydrogen-bond donors (Lipinski definition) is 2. The largest absolute Gasteiger partial charge is 0.341 e. The van der Waals surface area contributed by atoms with Crippen LogP contribution < -0.4 is 10.0 Å². The standard InChI is InChI=1S/C19H27N3O4S/c1-14(23)21-17-6-8-18(9-7-17)27(25,26)20-12-19(24)22-11-10-15-4-2-3-5-16(15)13-22/h6-9,15-16,20H,2-5,10-13H2,1H3,(H,21,23)/t15-,16+/m1/s1. The van der Waals surface area contributed by atoms with Gasteiger partial charge in [0.1, 0.15) is 0 Å². The highest BCUT2D eigenvalue weighted by atomic mass is 32.2. The van der Waals surface area contributed by atoms with Gasteiger partial charge < -0.3 is 10.2 Å². The molecule has 1 saturated heterocycles. The van der Waals surface area contributed by atoms with Crippen LogP contribution in [-0.2, 0) is 19.6 Å². The summed E-state index contributed by atoms with van der Waals surface area (Å²) < 4.78 is 27.2. The number of piperidine rings is 1. The van der Waals surface area contributed by atoms with Gasteiger partial charge in [0, 0.05) is 25.7 Å². The molecule has 0 spiro atoms. The third-order valence-electron chi connectivity index (χ3n) is 5.54. The Balaban J connectivity index is 1.55. The molecular weight excluding hydrogens is 366 g/mol. The maximum atomic E-state index is 12.5. The van der Waals surface area contributed by atoms with Crippen LogP contribution in [0, 0.1) is 11.8 Å². The van der Waals surface area contributed by atoms with Crippen molar-refractivity contribution < 1.29 is 18.0 Å². The van der Waals surface area contributed by atoms with Crippen molar-refractivity contribution in [3.63, 3.8) is 0 Å². The molecule has 2 N–H and O–H groups in total. The van der Waals surface area contributed by atoms with E-state index in [9.17, 15) is 18.0 Å². The molecule has 1 saturated carbocycles. The van der Waals surface area contributed by atoms with Crippen molar-refractivity contribution in [2.24, 2.45) is 11.8 Å². The highest BCUT2D eigenvalue weighted by molar-refractivity contribution is 7.89. The summed E-state index contributed by atoms with van der Waals surface area (Å²) in [6.07, 6.45) is 5.96. The summed E-state index contributed by atoms with van der Waals surface area (Å²) in [6.45, 7) is 2.62. The van der Waals surface area contributed by atoms with E-state index in [1.165, 1.54) is 56.9 Å². The summed E-state index contributed by atoms with van der Waals surface area (Å²) in [5.41, 5.74) is 0.521. The number of fused-ring (bicyclic) bond motifs is 1. The van der Waals surface area contributed by atoms with Gasteiger partial charge in [-0.15, -0.1) is 0 Å². The van der Waals surface area contributed by atoms with E-state index in [2.05, 4.69) is 10.0 Å². The number of hydrogen-bond acceptors (Lipinski definition) is 4. The van der Waals surface area contributed by atoms with Gasteiger partial charge >= 0.3 is 0 Å². The van der Waals surface area contributed by atoms with E-state index >= 15 is 0 Å². The second-order valence-corrected chi connectivity index (χ2v) is 9.23. The summed E-state index contributed by atoms with van der Waals surface area (Å²) >= 11 is 0. The van der Waals surface area contributed by atoms with Gasteiger partial charge in [0.15, 0.2) is 0 Å². The van der Waals surface area contributed by atoms with Gasteiger partial charge in [-0.05, 0) is 48.9 Å². The van der Waals surface area contributed by atoms with Gasteiger partial charge in [-0.25, -0.2) is 13.1 Å². The Morgan fingerprint density at radius 3 is 2.41 bits per heavy atom. The molecule has 2 amide bonds. The van der Waals surface area contributed by atoms with Crippen LogP contribution in [-0.4, -0.2) is 44.8 Å². The molecule has 2 atom stereocenters. The summed E-state index contributed by atoms with van der Waals surface area (Å²) in [5, 5.41) is 2.58. The number of amides is 2. The van der Waals surface area contributed by atoms with Crippen molar-refractivity contribution in [2.75, 3.05) is 25.0 Å². The molecule has 2 aliphatic rings. The molecular formula is C19H27N3O4S. The second kappa shape index (κ2) is 8.39. The fourth-order valence-electron chi connectivity index (χ4n) is 4.10. The van der Waals surface area contributed by atoms with Crippen LogP contribution in [0.3, 0.4) is 0 Å². The van der Waals surface area contributed by atoms with Crippen molar-refractivity contribution in [3.05, 3.63) is 24.3 Å². The number of sulfonamides is 1. The molecule has 0 radical (unpaired) electrons. The van der Waals surface area contributed by atoms with E-state index < -0.39 is 10.0 Å². The van der Waals surface area contributed by atoms with Gasteiger partial charge in [-0.1, -0.05) is 19.3 Å². The summed E-state index contributed by atoms with van der Waals surface area (Å²) in [5.74, 6) is 0.893. The topological polar surface area (TPSA) is 95.6 Å². The first-order chi connectivity index (χ1) is 12.8. The van der Waals surface area contributed by atoms with E-state index in [1.807, 2.05) is 0 Å². The van der Waals surface area contributed by atoms with Crippen LogP contribution in [0.5, 0.6) is 0 Å². The molecule has 1 aliphatic heterocycles. The Morgan fingerprint density at radius 1 is 1.07 bits per heavy atom. The number of nitrogens with zero attached hydrogens (tertiary/aromatic N) is 1. The Morgan fingerprint density at radius 2 is 1.74 bits per heavy atom. The number of likely N-dealkylation sites (tertiary alicyclic amines) is 1. The molecule has 7 nitrogen and oxygen atoms in total. The number of benzene rings is 1. The van der Waals surface area contributed by atoms with Gasteiger partial charge in [-0.3, -0.25) is 9.59 Å². The van der Waals surface area contributed by atoms with Crippen LogP contribution in [0.15, 0.2) is 29.2 Å². The molecule has 1 aromatic carbocycles. The second-order valence-electron chi connectivity index (χ2n) is 7.46. The SMILES string of the molecule is CC(=O)Nc1ccc(S(=O)(=O)NCC(=O)N2CC[C@H]3CCCC[C@H]3C2)cc1. The van der Waals surface area contributed by atoms with Crippen LogP contribution in [0.1, 0.15) is 39.0 Å². The minimum Gasteiger partial charge on any atom is -0.341 e. The summed E-state index contributed by atoms with van der Waals surface area (Å²) in [7, 11) is -3.77. The molecule has 1 aliphatic carbocycles. The average Bonchev–Trinajstić information content (AvgIpc) is 2.66. The highest BCUT2D eigenvalue weighted by Gasteiger charge is 2.33. The normalized spacial score (nSPS) is 22.8.